The third-order valence-electron chi connectivity index (χ3n) is 18.9. The summed E-state index contributed by atoms with van der Waals surface area (Å²) in [7, 11) is -7.36. The number of hydrogen-bond donors (Lipinski definition) is 0. The number of allylic oxidation sites excluding steroid dienone is 2. The van der Waals surface area contributed by atoms with E-state index in [2.05, 4.69) is 198 Å². The molecule has 3 aromatic heterocycles. The van der Waals surface area contributed by atoms with Crippen molar-refractivity contribution in [2.45, 2.75) is 65.4 Å². The summed E-state index contributed by atoms with van der Waals surface area (Å²) in [5, 5.41) is 13.6. The maximum atomic E-state index is 14.6. The van der Waals surface area contributed by atoms with Gasteiger partial charge in [0.1, 0.15) is 17.7 Å². The zero-order chi connectivity index (χ0) is 61.2. The van der Waals surface area contributed by atoms with Crippen LogP contribution in [0.5, 0.6) is 0 Å². The highest BCUT2D eigenvalue weighted by Crippen LogP contribution is 2.55. The molecule has 15 aromatic rings. The lowest BCUT2D eigenvalue weighted by atomic mass is 9.64. The number of aromatic nitrogens is 3. The van der Waals surface area contributed by atoms with Crippen LogP contribution < -0.4 is 0 Å². The SMILES string of the molecule is CCn1c2c(c3c4ccccc4ccc31)C=C[C+]=C2.CCn1c2ccc(C3(c4ccc5c(c4)c4c6ccccc6ccc4n5CC)c4ccccc4S(=O)(=O)c4ccccc43)cc2c2c3ccccc3ccc21.O=C1c2ccccc2S(=O)(=O)c2ccccc21. The van der Waals surface area contributed by atoms with Crippen LogP contribution in [0.15, 0.2) is 268 Å². The fraction of sp³-hybridized carbons (Fsp3) is 0.0875. The van der Waals surface area contributed by atoms with Crippen LogP contribution in [-0.4, -0.2) is 36.3 Å². The van der Waals surface area contributed by atoms with Gasteiger partial charge in [0.25, 0.3) is 0 Å². The molecule has 0 spiro atoms. The van der Waals surface area contributed by atoms with Crippen molar-refractivity contribution in [2.24, 2.45) is 0 Å². The molecule has 0 bridgehead atoms. The van der Waals surface area contributed by atoms with Crippen molar-refractivity contribution >= 4 is 124 Å². The van der Waals surface area contributed by atoms with E-state index >= 15 is 0 Å². The summed E-state index contributed by atoms with van der Waals surface area (Å²) in [4.78, 5) is 13.0. The Bertz CT molecular complexity index is 5610. The molecule has 3 aliphatic rings. The Kier molecular flexibility index (Phi) is 12.7. The van der Waals surface area contributed by atoms with Gasteiger partial charge in [0.2, 0.25) is 19.7 Å². The second-order valence-electron chi connectivity index (χ2n) is 23.3. The van der Waals surface area contributed by atoms with Gasteiger partial charge in [-0.1, -0.05) is 164 Å². The average molecular weight is 1210 g/mol. The van der Waals surface area contributed by atoms with E-state index in [4.69, 9.17) is 0 Å². The highest BCUT2D eigenvalue weighted by Gasteiger charge is 2.49. The monoisotopic (exact) mass is 1200 g/mol. The molecule has 0 fully saturated rings. The van der Waals surface area contributed by atoms with Gasteiger partial charge in [0.05, 0.1) is 36.6 Å². The third kappa shape index (κ3) is 7.85. The maximum absolute atomic E-state index is 14.6. The van der Waals surface area contributed by atoms with Crippen LogP contribution in [0.3, 0.4) is 0 Å². The van der Waals surface area contributed by atoms with Gasteiger partial charge in [-0.25, -0.2) is 16.8 Å². The average Bonchev–Trinajstić information content (AvgIpc) is 1.01. The quantitative estimate of drug-likeness (QED) is 0.160. The first-order valence-corrected chi connectivity index (χ1v) is 33.6. The van der Waals surface area contributed by atoms with Crippen LogP contribution in [0.1, 0.15) is 70.2 Å². The van der Waals surface area contributed by atoms with Crippen molar-refractivity contribution < 1.29 is 21.6 Å². The molecule has 0 N–H and O–H groups in total. The summed E-state index contributed by atoms with van der Waals surface area (Å²) in [6, 6.07) is 80.9. The van der Waals surface area contributed by atoms with Gasteiger partial charge in [0.15, 0.2) is 11.5 Å². The molecule has 90 heavy (non-hydrogen) atoms. The van der Waals surface area contributed by atoms with Gasteiger partial charge < -0.3 is 9.13 Å². The zero-order valence-electron chi connectivity index (χ0n) is 49.6. The highest BCUT2D eigenvalue weighted by atomic mass is 32.2. The molecule has 12 aromatic carbocycles. The molecule has 2 aliphatic heterocycles. The topological polar surface area (TPSA) is 100 Å². The van der Waals surface area contributed by atoms with Crippen molar-refractivity contribution in [1.29, 1.82) is 0 Å². The molecule has 8 nitrogen and oxygen atoms in total. The highest BCUT2D eigenvalue weighted by molar-refractivity contribution is 7.92. The Balaban J connectivity index is 0.000000145. The fourth-order valence-electron chi connectivity index (χ4n) is 15.1. The molecule has 18 rings (SSSR count). The lowest BCUT2D eigenvalue weighted by molar-refractivity contribution is 0.103. The molecular formula is C80H58N3O5S2+. The largest absolute Gasteiger partial charge is 0.341 e. The number of fused-ring (bicyclic) bond motifs is 19. The zero-order valence-corrected chi connectivity index (χ0v) is 51.3. The minimum Gasteiger partial charge on any atom is -0.341 e. The lowest BCUT2D eigenvalue weighted by Crippen LogP contribution is -2.37. The Morgan fingerprint density at radius 3 is 1.22 bits per heavy atom. The second kappa shape index (κ2) is 20.8. The Morgan fingerprint density at radius 2 is 0.756 bits per heavy atom. The van der Waals surface area contributed by atoms with Gasteiger partial charge in [-0.2, -0.15) is 0 Å². The van der Waals surface area contributed by atoms with E-state index in [1.54, 1.807) is 48.5 Å². The summed E-state index contributed by atoms with van der Waals surface area (Å²) in [5.74, 6) is -0.231. The minimum absolute atomic E-state index is 0.101. The minimum atomic E-state index is -3.81. The molecule has 10 heteroatoms. The number of hydrogen-bond acceptors (Lipinski definition) is 5. The maximum Gasteiger partial charge on any atom is 0.208 e. The second-order valence-corrected chi connectivity index (χ2v) is 27.0. The van der Waals surface area contributed by atoms with Crippen LogP contribution in [0.4, 0.5) is 0 Å². The summed E-state index contributed by atoms with van der Waals surface area (Å²) in [6.45, 7) is 9.25. The number of carbonyl (C=O) groups is 1. The molecule has 5 heterocycles. The third-order valence-corrected chi connectivity index (χ3v) is 22.7. The molecule has 0 amide bonds. The standard InChI is InChI=1S/C49H36N2O2S.C18H14N.C13H8O3S/c1-3-50-41-27-23-33(29-37(41)47-35-15-7-5-13-31(35)21-25-43(47)50)49(39-17-9-11-19-45(39)54(52,53)46-20-12-10-18-40(46)49)34-24-28-42-38(30-34)48-36-16-8-6-14-32(36)22-26-44(48)51(42)4-2;1-2-19-16-10-6-5-9-15(16)18-14-8-4-3-7-13(14)11-12-17(18)19;14-13-9-5-1-3-7-11(9)17(15,16)12-8-4-2-6-10(12)13/h5-30H,3-4H2,1-2H3;3-5,7-12H,2H2,1H3;1-8H/q;+1;. The first kappa shape index (κ1) is 54.9. The molecule has 0 saturated heterocycles. The Labute approximate surface area is 521 Å². The molecule has 0 unspecified atom stereocenters. The molecule has 1 aliphatic carbocycles. The Hall–Kier alpha value is -10.5. The smallest absolute Gasteiger partial charge is 0.208 e. The van der Waals surface area contributed by atoms with Gasteiger partial charge >= 0.3 is 0 Å². The first-order chi connectivity index (χ1) is 44.0. The predicted octanol–water partition coefficient (Wildman–Crippen LogP) is 18.5. The first-order valence-electron chi connectivity index (χ1n) is 30.6. The fourth-order valence-corrected chi connectivity index (χ4v) is 18.5. The van der Waals surface area contributed by atoms with E-state index in [1.165, 1.54) is 110 Å². The number of rotatable bonds is 5. The molecular weight excluding hydrogens is 1150 g/mol. The van der Waals surface area contributed by atoms with Gasteiger partial charge in [-0.05, 0) is 154 Å². The van der Waals surface area contributed by atoms with E-state index in [0.29, 0.717) is 9.79 Å². The summed E-state index contributed by atoms with van der Waals surface area (Å²) >= 11 is 0. The van der Waals surface area contributed by atoms with Crippen LogP contribution in [0.25, 0.3) is 99.0 Å². The van der Waals surface area contributed by atoms with E-state index < -0.39 is 25.1 Å². The summed E-state index contributed by atoms with van der Waals surface area (Å²) in [6.07, 6.45) is 9.47. The van der Waals surface area contributed by atoms with Crippen molar-refractivity contribution in [3.8, 4) is 0 Å². The van der Waals surface area contributed by atoms with Crippen molar-refractivity contribution in [2.75, 3.05) is 0 Å². The van der Waals surface area contributed by atoms with Gasteiger partial charge in [-0.3, -0.25) is 9.36 Å². The molecule has 434 valence electrons. The normalized spacial score (nSPS) is 14.6. The number of aryl methyl sites for hydroxylation is 3. The van der Waals surface area contributed by atoms with Crippen LogP contribution >= 0.6 is 0 Å². The van der Waals surface area contributed by atoms with Crippen LogP contribution in [-0.2, 0) is 44.7 Å². The number of benzene rings is 12. The van der Waals surface area contributed by atoms with E-state index in [1.807, 2.05) is 42.5 Å². The summed E-state index contributed by atoms with van der Waals surface area (Å²) in [5.41, 5.74) is 11.8. The lowest BCUT2D eigenvalue weighted by Gasteiger charge is -2.42. The van der Waals surface area contributed by atoms with Gasteiger partial charge in [0, 0.05) is 85.8 Å². The van der Waals surface area contributed by atoms with E-state index in [0.717, 1.165) is 41.9 Å². The summed E-state index contributed by atoms with van der Waals surface area (Å²) < 4.78 is 60.9. The van der Waals surface area contributed by atoms with Crippen LogP contribution in [0.2, 0.25) is 0 Å². The van der Waals surface area contributed by atoms with Crippen molar-refractivity contribution in [3.63, 3.8) is 0 Å². The number of sulfone groups is 2. The Morgan fingerprint density at radius 1 is 0.378 bits per heavy atom. The molecule has 0 atom stereocenters. The number of carbonyl (C=O) groups excluding carboxylic acids is 1. The van der Waals surface area contributed by atoms with Crippen molar-refractivity contribution in [1.82, 2.24) is 13.7 Å². The van der Waals surface area contributed by atoms with Gasteiger partial charge in [-0.15, -0.1) is 0 Å². The van der Waals surface area contributed by atoms with Crippen LogP contribution in [0, 0.1) is 6.08 Å². The predicted molar refractivity (Wildman–Crippen MR) is 366 cm³/mol. The van der Waals surface area contributed by atoms with Crippen molar-refractivity contribution in [3.05, 3.63) is 299 Å². The van der Waals surface area contributed by atoms with E-state index in [-0.39, 0.29) is 26.7 Å². The number of ketones is 1. The number of nitrogens with zero attached hydrogens (tertiary/aromatic N) is 3. The molecule has 0 saturated carbocycles. The van der Waals surface area contributed by atoms with E-state index in [9.17, 15) is 21.6 Å². The molecule has 0 radical (unpaired) electrons.